The first-order valence-corrected chi connectivity index (χ1v) is 5.19. The molecule has 1 aromatic rings. The van der Waals surface area contributed by atoms with Crippen LogP contribution in [0, 0.1) is 5.92 Å². The van der Waals surface area contributed by atoms with Gasteiger partial charge in [0.15, 0.2) is 0 Å². The average molecular weight is 218 g/mol. The van der Waals surface area contributed by atoms with Crippen molar-refractivity contribution in [2.75, 3.05) is 6.54 Å². The lowest BCUT2D eigenvalue weighted by molar-refractivity contribution is -0.311. The molecule has 4 heteroatoms. The lowest BCUT2D eigenvalue weighted by Crippen LogP contribution is -2.33. The number of rotatable bonds is 3. The lowest BCUT2D eigenvalue weighted by Gasteiger charge is -2.16. The first kappa shape index (κ1) is 10.7. The molecule has 1 heterocycles. The molecule has 2 rings (SSSR count). The zero-order chi connectivity index (χ0) is 11.5. The topological polar surface area (TPSA) is 60.4 Å². The Balaban J connectivity index is 2.02. The summed E-state index contributed by atoms with van der Waals surface area (Å²) < 4.78 is 0. The highest BCUT2D eigenvalue weighted by Crippen LogP contribution is 2.19. The Bertz CT molecular complexity index is 402. The number of nitrogens with zero attached hydrogens (tertiary/aromatic N) is 1. The third kappa shape index (κ3) is 2.21. The molecule has 0 aromatic heterocycles. The molecule has 84 valence electrons. The van der Waals surface area contributed by atoms with Crippen LogP contribution in [0.3, 0.4) is 0 Å². The highest BCUT2D eigenvalue weighted by Gasteiger charge is 2.29. The van der Waals surface area contributed by atoms with Crippen LogP contribution in [-0.4, -0.2) is 23.3 Å². The molecule has 0 radical (unpaired) electrons. The molecule has 4 nitrogen and oxygen atoms in total. The maximum Gasteiger partial charge on any atom is 0.223 e. The van der Waals surface area contributed by atoms with Crippen LogP contribution < -0.4 is 5.11 Å². The summed E-state index contributed by atoms with van der Waals surface area (Å²) in [6.07, 6.45) is 0.0646. The minimum Gasteiger partial charge on any atom is -0.550 e. The smallest absolute Gasteiger partial charge is 0.223 e. The number of carboxylic acids is 1. The van der Waals surface area contributed by atoms with Gasteiger partial charge in [0.05, 0.1) is 0 Å². The van der Waals surface area contributed by atoms with E-state index in [9.17, 15) is 14.7 Å². The Morgan fingerprint density at radius 2 is 2.06 bits per heavy atom. The SMILES string of the molecule is O=C([O-])C1CC(=O)N(Cc2ccccc2)C1. The summed E-state index contributed by atoms with van der Waals surface area (Å²) in [5, 5.41) is 10.7. The summed E-state index contributed by atoms with van der Waals surface area (Å²) in [5.41, 5.74) is 1.01. The predicted octanol–water partition coefficient (Wildman–Crippen LogP) is -0.215. The van der Waals surface area contributed by atoms with Crippen LogP contribution >= 0.6 is 0 Å². The molecule has 1 unspecified atom stereocenters. The Morgan fingerprint density at radius 3 is 2.62 bits per heavy atom. The van der Waals surface area contributed by atoms with Gasteiger partial charge < -0.3 is 14.8 Å². The highest BCUT2D eigenvalue weighted by atomic mass is 16.4. The first-order chi connectivity index (χ1) is 7.66. The van der Waals surface area contributed by atoms with Crippen molar-refractivity contribution in [3.8, 4) is 0 Å². The van der Waals surface area contributed by atoms with Crippen LogP contribution in [0.4, 0.5) is 0 Å². The number of likely N-dealkylation sites (tertiary alicyclic amines) is 1. The summed E-state index contributed by atoms with van der Waals surface area (Å²) in [7, 11) is 0. The second-order valence-electron chi connectivity index (χ2n) is 3.98. The van der Waals surface area contributed by atoms with E-state index in [1.54, 1.807) is 4.90 Å². The largest absolute Gasteiger partial charge is 0.550 e. The first-order valence-electron chi connectivity index (χ1n) is 5.19. The molecule has 1 aromatic carbocycles. The van der Waals surface area contributed by atoms with E-state index >= 15 is 0 Å². The predicted molar refractivity (Wildman–Crippen MR) is 55.0 cm³/mol. The van der Waals surface area contributed by atoms with Crippen molar-refractivity contribution in [1.29, 1.82) is 0 Å². The maximum atomic E-state index is 11.5. The van der Waals surface area contributed by atoms with E-state index in [0.717, 1.165) is 5.56 Å². The van der Waals surface area contributed by atoms with Crippen molar-refractivity contribution in [1.82, 2.24) is 4.90 Å². The molecule has 0 N–H and O–H groups in total. The highest BCUT2D eigenvalue weighted by molar-refractivity contribution is 5.85. The van der Waals surface area contributed by atoms with E-state index < -0.39 is 11.9 Å². The molecular weight excluding hydrogens is 206 g/mol. The van der Waals surface area contributed by atoms with Crippen LogP contribution in [0.2, 0.25) is 0 Å². The normalized spacial score (nSPS) is 20.1. The van der Waals surface area contributed by atoms with Crippen molar-refractivity contribution >= 4 is 11.9 Å². The quantitative estimate of drug-likeness (QED) is 0.705. The Morgan fingerprint density at radius 1 is 1.38 bits per heavy atom. The number of aliphatic carboxylic acids is 1. The number of carboxylic acid groups (broad SMARTS) is 1. The van der Waals surface area contributed by atoms with Crippen molar-refractivity contribution in [2.45, 2.75) is 13.0 Å². The summed E-state index contributed by atoms with van der Waals surface area (Å²) in [6.45, 7) is 0.736. The van der Waals surface area contributed by atoms with E-state index in [1.165, 1.54) is 0 Å². The fraction of sp³-hybridized carbons (Fsp3) is 0.333. The number of hydrogen-bond donors (Lipinski definition) is 0. The number of amides is 1. The van der Waals surface area contributed by atoms with E-state index in [1.807, 2.05) is 30.3 Å². The number of carbonyl (C=O) groups is 2. The van der Waals surface area contributed by atoms with Crippen molar-refractivity contribution < 1.29 is 14.7 Å². The third-order valence-corrected chi connectivity index (χ3v) is 2.76. The molecule has 1 aliphatic heterocycles. The van der Waals surface area contributed by atoms with Crippen molar-refractivity contribution in [2.24, 2.45) is 5.92 Å². The minimum absolute atomic E-state index is 0.0646. The average Bonchev–Trinajstić information content (AvgIpc) is 2.62. The van der Waals surface area contributed by atoms with Gasteiger partial charge in [0.1, 0.15) is 0 Å². The zero-order valence-electron chi connectivity index (χ0n) is 8.76. The van der Waals surface area contributed by atoms with Gasteiger partial charge in [-0.3, -0.25) is 4.79 Å². The molecule has 0 bridgehead atoms. The Labute approximate surface area is 93.5 Å². The summed E-state index contributed by atoms with van der Waals surface area (Å²) in [6, 6.07) is 9.52. The molecule has 0 saturated carbocycles. The van der Waals surface area contributed by atoms with E-state index in [4.69, 9.17) is 0 Å². The zero-order valence-corrected chi connectivity index (χ0v) is 8.76. The number of hydrogen-bond acceptors (Lipinski definition) is 3. The van der Waals surface area contributed by atoms with Gasteiger partial charge in [0, 0.05) is 31.4 Å². The second-order valence-corrected chi connectivity index (χ2v) is 3.98. The van der Waals surface area contributed by atoms with Crippen LogP contribution in [0.25, 0.3) is 0 Å². The molecule has 1 aliphatic rings. The standard InChI is InChI=1S/C12H13NO3/c14-11-6-10(12(15)16)8-13(11)7-9-4-2-1-3-5-9/h1-5,10H,6-8H2,(H,15,16)/p-1. The fourth-order valence-corrected chi connectivity index (χ4v) is 1.89. The summed E-state index contributed by atoms with van der Waals surface area (Å²) in [4.78, 5) is 23.7. The molecule has 0 aliphatic carbocycles. The molecule has 1 amide bonds. The van der Waals surface area contributed by atoms with Crippen LogP contribution in [0.15, 0.2) is 30.3 Å². The molecule has 1 saturated heterocycles. The lowest BCUT2D eigenvalue weighted by atomic mass is 10.1. The second kappa shape index (κ2) is 4.35. The minimum atomic E-state index is -1.14. The fourth-order valence-electron chi connectivity index (χ4n) is 1.89. The van der Waals surface area contributed by atoms with E-state index in [2.05, 4.69) is 0 Å². The summed E-state index contributed by atoms with van der Waals surface area (Å²) >= 11 is 0. The van der Waals surface area contributed by atoms with E-state index in [-0.39, 0.29) is 18.9 Å². The van der Waals surface area contributed by atoms with Crippen LogP contribution in [0.5, 0.6) is 0 Å². The molecule has 1 fully saturated rings. The van der Waals surface area contributed by atoms with Gasteiger partial charge in [-0.1, -0.05) is 30.3 Å². The van der Waals surface area contributed by atoms with E-state index in [0.29, 0.717) is 6.54 Å². The van der Waals surface area contributed by atoms with Crippen LogP contribution in [-0.2, 0) is 16.1 Å². The van der Waals surface area contributed by atoms with Gasteiger partial charge >= 0.3 is 0 Å². The Hall–Kier alpha value is -1.84. The number of carbonyl (C=O) groups excluding carboxylic acids is 2. The Kier molecular flexibility index (Phi) is 2.90. The molecular formula is C12H12NO3-. The molecule has 16 heavy (non-hydrogen) atoms. The van der Waals surface area contributed by atoms with Gasteiger partial charge in [-0.15, -0.1) is 0 Å². The summed E-state index contributed by atoms with van der Waals surface area (Å²) in [5.74, 6) is -1.90. The van der Waals surface area contributed by atoms with Crippen LogP contribution in [0.1, 0.15) is 12.0 Å². The van der Waals surface area contributed by atoms with Crippen molar-refractivity contribution in [3.63, 3.8) is 0 Å². The van der Waals surface area contributed by atoms with Gasteiger partial charge in [0.2, 0.25) is 5.91 Å². The molecule has 0 spiro atoms. The maximum absolute atomic E-state index is 11.5. The van der Waals surface area contributed by atoms with Gasteiger partial charge in [-0.05, 0) is 5.56 Å². The van der Waals surface area contributed by atoms with Crippen molar-refractivity contribution in [3.05, 3.63) is 35.9 Å². The monoisotopic (exact) mass is 218 g/mol. The molecule has 1 atom stereocenters. The third-order valence-electron chi connectivity index (χ3n) is 2.76. The number of benzene rings is 1. The van der Waals surface area contributed by atoms with Gasteiger partial charge in [-0.25, -0.2) is 0 Å². The van der Waals surface area contributed by atoms with Gasteiger partial charge in [0.25, 0.3) is 0 Å². The van der Waals surface area contributed by atoms with Gasteiger partial charge in [-0.2, -0.15) is 0 Å².